The molecule has 2 aliphatic rings. The zero-order valence-corrected chi connectivity index (χ0v) is 23.1. The van der Waals surface area contributed by atoms with Gasteiger partial charge in [-0.3, -0.25) is 0 Å². The molecule has 2 atom stereocenters. The van der Waals surface area contributed by atoms with Gasteiger partial charge >= 0.3 is 0 Å². The summed E-state index contributed by atoms with van der Waals surface area (Å²) in [5.41, 5.74) is 12.8. The number of hydrogen-bond acceptors (Lipinski definition) is 2. The topological polar surface area (TPSA) is 25.8 Å². The van der Waals surface area contributed by atoms with Gasteiger partial charge in [0, 0.05) is 28.5 Å². The first kappa shape index (κ1) is 24.5. The van der Waals surface area contributed by atoms with E-state index in [1.807, 2.05) is 12.1 Å². The van der Waals surface area contributed by atoms with Crippen molar-refractivity contribution in [3.8, 4) is 56.2 Å². The zero-order chi connectivity index (χ0) is 27.9. The van der Waals surface area contributed by atoms with E-state index in [2.05, 4.69) is 146 Å². The normalized spacial score (nSPS) is 16.4. The van der Waals surface area contributed by atoms with Crippen molar-refractivity contribution in [1.82, 2.24) is 9.97 Å². The second kappa shape index (κ2) is 10.2. The molecule has 42 heavy (non-hydrogen) atoms. The number of nitrogens with zero attached hydrogens (tertiary/aromatic N) is 2. The molecule has 2 unspecified atom stereocenters. The molecule has 0 bridgehead atoms. The van der Waals surface area contributed by atoms with Crippen LogP contribution in [0.4, 0.5) is 0 Å². The standard InChI is InChI=1S/C40H28N2/c1-3-13-27(14-4-1)38-26-39(28-15-5-2-6-16-28)42-40(41-38)36-22-12-7-17-30(36)29-23-24-35-33-20-9-8-18-31(33)32-19-10-11-21-34(32)37(35)25-29/h1-26,32,34H. The van der Waals surface area contributed by atoms with Gasteiger partial charge in [-0.1, -0.05) is 146 Å². The minimum atomic E-state index is 0.314. The predicted octanol–water partition coefficient (Wildman–Crippen LogP) is 10.1. The number of hydrogen-bond donors (Lipinski definition) is 0. The van der Waals surface area contributed by atoms with Crippen LogP contribution in [0.1, 0.15) is 23.0 Å². The molecule has 0 amide bonds. The average Bonchev–Trinajstić information content (AvgIpc) is 3.09. The molecular formula is C40H28N2. The van der Waals surface area contributed by atoms with Gasteiger partial charge in [0.2, 0.25) is 0 Å². The zero-order valence-electron chi connectivity index (χ0n) is 23.1. The Morgan fingerprint density at radius 1 is 0.381 bits per heavy atom. The lowest BCUT2D eigenvalue weighted by Gasteiger charge is -2.34. The first-order valence-corrected chi connectivity index (χ1v) is 14.5. The van der Waals surface area contributed by atoms with Gasteiger partial charge in [0.1, 0.15) is 0 Å². The Hall–Kier alpha value is -5.34. The van der Waals surface area contributed by atoms with E-state index in [1.165, 1.54) is 27.8 Å². The van der Waals surface area contributed by atoms with E-state index < -0.39 is 0 Å². The molecular weight excluding hydrogens is 508 g/mol. The second-order valence-corrected chi connectivity index (χ2v) is 11.0. The monoisotopic (exact) mass is 536 g/mol. The summed E-state index contributed by atoms with van der Waals surface area (Å²) in [5.74, 6) is 1.39. The molecule has 1 heterocycles. The summed E-state index contributed by atoms with van der Waals surface area (Å²) in [6, 6.07) is 47.2. The fourth-order valence-corrected chi connectivity index (χ4v) is 6.50. The van der Waals surface area contributed by atoms with Crippen LogP contribution >= 0.6 is 0 Å². The van der Waals surface area contributed by atoms with E-state index in [9.17, 15) is 0 Å². The molecule has 0 aliphatic heterocycles. The van der Waals surface area contributed by atoms with Gasteiger partial charge in [0.15, 0.2) is 5.82 Å². The third-order valence-electron chi connectivity index (χ3n) is 8.50. The van der Waals surface area contributed by atoms with E-state index in [0.717, 1.165) is 39.5 Å². The molecule has 198 valence electrons. The highest BCUT2D eigenvalue weighted by molar-refractivity contribution is 5.86. The largest absolute Gasteiger partial charge is 0.228 e. The predicted molar refractivity (Wildman–Crippen MR) is 173 cm³/mol. The summed E-state index contributed by atoms with van der Waals surface area (Å²) < 4.78 is 0. The molecule has 5 aromatic carbocycles. The Kier molecular flexibility index (Phi) is 5.97. The highest BCUT2D eigenvalue weighted by Gasteiger charge is 2.31. The smallest absolute Gasteiger partial charge is 0.161 e. The van der Waals surface area contributed by atoms with Crippen LogP contribution in [0.25, 0.3) is 56.2 Å². The van der Waals surface area contributed by atoms with E-state index >= 15 is 0 Å². The van der Waals surface area contributed by atoms with Crippen LogP contribution in [-0.2, 0) is 0 Å². The van der Waals surface area contributed by atoms with E-state index in [-0.39, 0.29) is 0 Å². The Bertz CT molecular complexity index is 1930. The minimum absolute atomic E-state index is 0.314. The molecule has 0 radical (unpaired) electrons. The van der Waals surface area contributed by atoms with Gasteiger partial charge in [-0.05, 0) is 45.5 Å². The maximum absolute atomic E-state index is 5.14. The van der Waals surface area contributed by atoms with Crippen LogP contribution in [0.15, 0.2) is 158 Å². The lowest BCUT2D eigenvalue weighted by Crippen LogP contribution is -2.16. The SMILES string of the molecule is C1=CC2c3ccccc3-c3ccc(-c4ccccc4-c4nc(-c5ccccc5)cc(-c5ccccc5)n4)cc3C2C=C1. The van der Waals surface area contributed by atoms with Crippen molar-refractivity contribution in [2.24, 2.45) is 0 Å². The molecule has 2 nitrogen and oxygen atoms in total. The van der Waals surface area contributed by atoms with Crippen molar-refractivity contribution in [1.29, 1.82) is 0 Å². The van der Waals surface area contributed by atoms with Crippen LogP contribution in [0.2, 0.25) is 0 Å². The maximum atomic E-state index is 5.14. The summed E-state index contributed by atoms with van der Waals surface area (Å²) in [6.45, 7) is 0. The third-order valence-corrected chi connectivity index (χ3v) is 8.50. The fourth-order valence-electron chi connectivity index (χ4n) is 6.50. The number of fused-ring (bicyclic) bond motifs is 6. The van der Waals surface area contributed by atoms with E-state index in [4.69, 9.17) is 9.97 Å². The Morgan fingerprint density at radius 3 is 1.57 bits per heavy atom. The lowest BCUT2D eigenvalue weighted by molar-refractivity contribution is 0.720. The summed E-state index contributed by atoms with van der Waals surface area (Å²) in [4.78, 5) is 10.3. The average molecular weight is 537 g/mol. The van der Waals surface area contributed by atoms with Crippen LogP contribution in [0.3, 0.4) is 0 Å². The highest BCUT2D eigenvalue weighted by atomic mass is 14.9. The van der Waals surface area contributed by atoms with Crippen molar-refractivity contribution in [2.45, 2.75) is 11.8 Å². The summed E-state index contributed by atoms with van der Waals surface area (Å²) in [7, 11) is 0. The minimum Gasteiger partial charge on any atom is -0.228 e. The molecule has 6 aromatic rings. The molecule has 0 saturated carbocycles. The fraction of sp³-hybridized carbons (Fsp3) is 0.0500. The number of aromatic nitrogens is 2. The third kappa shape index (κ3) is 4.20. The van der Waals surface area contributed by atoms with Crippen molar-refractivity contribution in [2.75, 3.05) is 0 Å². The summed E-state index contributed by atoms with van der Waals surface area (Å²) >= 11 is 0. The Morgan fingerprint density at radius 2 is 0.905 bits per heavy atom. The van der Waals surface area contributed by atoms with E-state index in [1.54, 1.807) is 0 Å². The Labute approximate surface area is 246 Å². The number of benzene rings is 5. The van der Waals surface area contributed by atoms with Gasteiger partial charge in [0.05, 0.1) is 11.4 Å². The summed E-state index contributed by atoms with van der Waals surface area (Å²) in [6.07, 6.45) is 9.08. The van der Waals surface area contributed by atoms with Gasteiger partial charge in [-0.2, -0.15) is 0 Å². The maximum Gasteiger partial charge on any atom is 0.161 e. The summed E-state index contributed by atoms with van der Waals surface area (Å²) in [5, 5.41) is 0. The molecule has 1 aromatic heterocycles. The van der Waals surface area contributed by atoms with Crippen molar-refractivity contribution < 1.29 is 0 Å². The second-order valence-electron chi connectivity index (χ2n) is 11.0. The quantitative estimate of drug-likeness (QED) is 0.224. The number of allylic oxidation sites excluding steroid dienone is 4. The van der Waals surface area contributed by atoms with Crippen LogP contribution in [0, 0.1) is 0 Å². The highest BCUT2D eigenvalue weighted by Crippen LogP contribution is 2.50. The van der Waals surface area contributed by atoms with E-state index in [0.29, 0.717) is 11.8 Å². The van der Waals surface area contributed by atoms with Gasteiger partial charge in [-0.25, -0.2) is 9.97 Å². The molecule has 0 saturated heterocycles. The molecule has 0 fully saturated rings. The Balaban J connectivity index is 1.30. The first-order valence-electron chi connectivity index (χ1n) is 14.5. The molecule has 0 N–H and O–H groups in total. The molecule has 2 aliphatic carbocycles. The van der Waals surface area contributed by atoms with Crippen molar-refractivity contribution in [3.63, 3.8) is 0 Å². The number of rotatable bonds is 4. The first-order chi connectivity index (χ1) is 20.8. The molecule has 2 heteroatoms. The molecule has 0 spiro atoms. The molecule has 8 rings (SSSR count). The van der Waals surface area contributed by atoms with Crippen LogP contribution in [-0.4, -0.2) is 9.97 Å². The lowest BCUT2D eigenvalue weighted by atomic mass is 9.69. The van der Waals surface area contributed by atoms with Crippen molar-refractivity contribution >= 4 is 0 Å². The van der Waals surface area contributed by atoms with Crippen LogP contribution < -0.4 is 0 Å². The van der Waals surface area contributed by atoms with Gasteiger partial charge in [-0.15, -0.1) is 0 Å². The van der Waals surface area contributed by atoms with Gasteiger partial charge in [0.25, 0.3) is 0 Å². The van der Waals surface area contributed by atoms with Gasteiger partial charge < -0.3 is 0 Å². The van der Waals surface area contributed by atoms with Crippen LogP contribution in [0.5, 0.6) is 0 Å². The van der Waals surface area contributed by atoms with Crippen molar-refractivity contribution in [3.05, 3.63) is 169 Å².